The van der Waals surface area contributed by atoms with Crippen LogP contribution in [0.5, 0.6) is 0 Å². The van der Waals surface area contributed by atoms with Crippen molar-refractivity contribution in [1.29, 1.82) is 0 Å². The van der Waals surface area contributed by atoms with Gasteiger partial charge in [0.05, 0.1) is 0 Å². The summed E-state index contributed by atoms with van der Waals surface area (Å²) in [5.74, 6) is 1.13. The second kappa shape index (κ2) is 7.27. The van der Waals surface area contributed by atoms with Crippen molar-refractivity contribution in [2.45, 2.75) is 46.5 Å². The third-order valence-electron chi connectivity index (χ3n) is 3.89. The number of rotatable bonds is 3. The molecule has 0 atom stereocenters. The van der Waals surface area contributed by atoms with Crippen molar-refractivity contribution < 1.29 is 9.59 Å². The SMILES string of the molecule is C=C1C=CC(=O)N1CC1CCC(C(C)=O)CC1.CC. The summed E-state index contributed by atoms with van der Waals surface area (Å²) in [5, 5.41) is 0. The van der Waals surface area contributed by atoms with Crippen LogP contribution in [0.4, 0.5) is 0 Å². The molecule has 1 heterocycles. The van der Waals surface area contributed by atoms with E-state index in [-0.39, 0.29) is 11.8 Å². The third-order valence-corrected chi connectivity index (χ3v) is 3.89. The number of ketones is 1. The molecule has 1 aliphatic heterocycles. The van der Waals surface area contributed by atoms with Gasteiger partial charge in [0.15, 0.2) is 0 Å². The zero-order chi connectivity index (χ0) is 14.4. The molecule has 106 valence electrons. The van der Waals surface area contributed by atoms with Gasteiger partial charge in [0, 0.05) is 24.2 Å². The van der Waals surface area contributed by atoms with E-state index in [1.54, 1.807) is 24.0 Å². The highest BCUT2D eigenvalue weighted by molar-refractivity contribution is 5.93. The van der Waals surface area contributed by atoms with Crippen molar-refractivity contribution in [3.8, 4) is 0 Å². The topological polar surface area (TPSA) is 37.4 Å². The minimum absolute atomic E-state index is 0.0451. The average molecular weight is 263 g/mol. The van der Waals surface area contributed by atoms with Gasteiger partial charge in [-0.15, -0.1) is 0 Å². The summed E-state index contributed by atoms with van der Waals surface area (Å²) in [5.41, 5.74) is 0.795. The Morgan fingerprint density at radius 3 is 2.26 bits per heavy atom. The molecule has 3 nitrogen and oxygen atoms in total. The number of carbonyl (C=O) groups is 2. The van der Waals surface area contributed by atoms with E-state index in [0.29, 0.717) is 11.7 Å². The van der Waals surface area contributed by atoms with E-state index < -0.39 is 0 Å². The molecule has 0 aromatic rings. The monoisotopic (exact) mass is 263 g/mol. The Bertz CT molecular complexity index is 358. The summed E-state index contributed by atoms with van der Waals surface area (Å²) < 4.78 is 0. The van der Waals surface area contributed by atoms with Gasteiger partial charge in [-0.3, -0.25) is 9.59 Å². The predicted molar refractivity (Wildman–Crippen MR) is 77.5 cm³/mol. The number of nitrogens with zero attached hydrogens (tertiary/aromatic N) is 1. The van der Waals surface area contributed by atoms with Gasteiger partial charge in [-0.25, -0.2) is 0 Å². The molecule has 1 aliphatic carbocycles. The highest BCUT2D eigenvalue weighted by Gasteiger charge is 2.28. The zero-order valence-corrected chi connectivity index (χ0v) is 12.3. The van der Waals surface area contributed by atoms with Crippen LogP contribution >= 0.6 is 0 Å². The first kappa shape index (κ1) is 15.7. The molecule has 0 spiro atoms. The van der Waals surface area contributed by atoms with Crippen LogP contribution in [-0.4, -0.2) is 23.1 Å². The van der Waals surface area contributed by atoms with Crippen molar-refractivity contribution in [1.82, 2.24) is 4.90 Å². The van der Waals surface area contributed by atoms with E-state index in [4.69, 9.17) is 0 Å². The smallest absolute Gasteiger partial charge is 0.251 e. The number of carbonyl (C=O) groups excluding carboxylic acids is 2. The lowest BCUT2D eigenvalue weighted by Crippen LogP contribution is -2.32. The molecular formula is C16H25NO2. The minimum Gasteiger partial charge on any atom is -0.309 e. The Labute approximate surface area is 116 Å². The first-order valence-electron chi connectivity index (χ1n) is 7.27. The lowest BCUT2D eigenvalue weighted by molar-refractivity contribution is -0.125. The van der Waals surface area contributed by atoms with Gasteiger partial charge in [-0.2, -0.15) is 0 Å². The summed E-state index contributed by atoms with van der Waals surface area (Å²) in [7, 11) is 0. The van der Waals surface area contributed by atoms with Gasteiger partial charge < -0.3 is 4.90 Å². The lowest BCUT2D eigenvalue weighted by Gasteiger charge is -2.30. The molecule has 1 saturated carbocycles. The molecular weight excluding hydrogens is 238 g/mol. The van der Waals surface area contributed by atoms with Gasteiger partial charge in [0.1, 0.15) is 5.78 Å². The molecule has 3 heteroatoms. The largest absolute Gasteiger partial charge is 0.309 e. The molecule has 0 radical (unpaired) electrons. The molecule has 0 saturated heterocycles. The van der Waals surface area contributed by atoms with E-state index in [1.807, 2.05) is 13.8 Å². The van der Waals surface area contributed by atoms with Crippen molar-refractivity contribution in [3.05, 3.63) is 24.4 Å². The number of amides is 1. The first-order valence-corrected chi connectivity index (χ1v) is 7.27. The average Bonchev–Trinajstić information content (AvgIpc) is 2.73. The van der Waals surface area contributed by atoms with Crippen molar-refractivity contribution in [3.63, 3.8) is 0 Å². The zero-order valence-electron chi connectivity index (χ0n) is 12.3. The van der Waals surface area contributed by atoms with Crippen molar-refractivity contribution in [2.24, 2.45) is 11.8 Å². The Balaban J connectivity index is 0.000000861. The standard InChI is InChI=1S/C14H19NO2.C2H6/c1-10-3-8-14(17)15(10)9-12-4-6-13(7-5-12)11(2)16;1-2/h3,8,12-13H,1,4-7,9H2,2H3;1-2H3. The second-order valence-corrected chi connectivity index (χ2v) is 5.10. The molecule has 0 aromatic heterocycles. The van der Waals surface area contributed by atoms with Crippen LogP contribution in [0, 0.1) is 11.8 Å². The van der Waals surface area contributed by atoms with Crippen LogP contribution in [0.3, 0.4) is 0 Å². The second-order valence-electron chi connectivity index (χ2n) is 5.10. The van der Waals surface area contributed by atoms with Gasteiger partial charge in [-0.05, 0) is 44.6 Å². The first-order chi connectivity index (χ1) is 9.08. The molecule has 0 unspecified atom stereocenters. The van der Waals surface area contributed by atoms with Crippen LogP contribution in [0.1, 0.15) is 46.5 Å². The molecule has 2 aliphatic rings. The number of hydrogen-bond acceptors (Lipinski definition) is 2. The maximum Gasteiger partial charge on any atom is 0.251 e. The highest BCUT2D eigenvalue weighted by atomic mass is 16.2. The molecule has 0 aromatic carbocycles. The van der Waals surface area contributed by atoms with E-state index in [9.17, 15) is 9.59 Å². The Hall–Kier alpha value is -1.38. The van der Waals surface area contributed by atoms with Crippen LogP contribution in [0.25, 0.3) is 0 Å². The summed E-state index contributed by atoms with van der Waals surface area (Å²) in [4.78, 5) is 24.6. The van der Waals surface area contributed by atoms with Gasteiger partial charge in [0.25, 0.3) is 5.91 Å². The Morgan fingerprint density at radius 2 is 1.84 bits per heavy atom. The predicted octanol–water partition coefficient (Wildman–Crippen LogP) is 3.32. The Morgan fingerprint density at radius 1 is 1.26 bits per heavy atom. The number of hydrogen-bond donors (Lipinski definition) is 0. The lowest BCUT2D eigenvalue weighted by atomic mass is 9.80. The summed E-state index contributed by atoms with van der Waals surface area (Å²) >= 11 is 0. The molecule has 1 amide bonds. The number of Topliss-reactive ketones (excluding diaryl/α,β-unsaturated/α-hetero) is 1. The fourth-order valence-electron chi connectivity index (χ4n) is 2.71. The maximum absolute atomic E-state index is 11.6. The fraction of sp³-hybridized carbons (Fsp3) is 0.625. The third kappa shape index (κ3) is 4.05. The van der Waals surface area contributed by atoms with Crippen LogP contribution in [-0.2, 0) is 9.59 Å². The fourth-order valence-corrected chi connectivity index (χ4v) is 2.71. The summed E-state index contributed by atoms with van der Waals surface area (Å²) in [6.45, 7) is 10.3. The summed E-state index contributed by atoms with van der Waals surface area (Å²) in [6, 6.07) is 0. The van der Waals surface area contributed by atoms with Crippen LogP contribution in [0.15, 0.2) is 24.4 Å². The van der Waals surface area contributed by atoms with Crippen LogP contribution in [0.2, 0.25) is 0 Å². The molecule has 0 bridgehead atoms. The normalized spacial score (nSPS) is 26.2. The van der Waals surface area contributed by atoms with Gasteiger partial charge in [-0.1, -0.05) is 20.4 Å². The molecule has 0 N–H and O–H groups in total. The molecule has 1 fully saturated rings. The molecule has 19 heavy (non-hydrogen) atoms. The molecule has 2 rings (SSSR count). The quantitative estimate of drug-likeness (QED) is 0.783. The minimum atomic E-state index is 0.0451. The van der Waals surface area contributed by atoms with Crippen molar-refractivity contribution >= 4 is 11.7 Å². The van der Waals surface area contributed by atoms with E-state index in [1.165, 1.54) is 0 Å². The number of allylic oxidation sites excluding steroid dienone is 1. The highest BCUT2D eigenvalue weighted by Crippen LogP contribution is 2.31. The van der Waals surface area contributed by atoms with Crippen molar-refractivity contribution in [2.75, 3.05) is 6.54 Å². The Kier molecular flexibility index (Phi) is 6.00. The maximum atomic E-state index is 11.6. The van der Waals surface area contributed by atoms with Gasteiger partial charge in [0.2, 0.25) is 0 Å². The van der Waals surface area contributed by atoms with E-state index in [0.717, 1.165) is 37.9 Å². The van der Waals surface area contributed by atoms with E-state index in [2.05, 4.69) is 6.58 Å². The van der Waals surface area contributed by atoms with Crippen LogP contribution < -0.4 is 0 Å². The van der Waals surface area contributed by atoms with Gasteiger partial charge >= 0.3 is 0 Å². The van der Waals surface area contributed by atoms with E-state index >= 15 is 0 Å². The summed E-state index contributed by atoms with van der Waals surface area (Å²) in [6.07, 6.45) is 7.37.